The second kappa shape index (κ2) is 6.85. The van der Waals surface area contributed by atoms with E-state index >= 15 is 0 Å². The monoisotopic (exact) mass is 423 g/mol. The number of hydrogen-bond donors (Lipinski definition) is 0. The van der Waals surface area contributed by atoms with Gasteiger partial charge in [-0.1, -0.05) is 66.7 Å². The number of nitrogens with zero attached hydrogens (tertiary/aromatic N) is 1. The van der Waals surface area contributed by atoms with Crippen LogP contribution in [0.15, 0.2) is 114 Å². The van der Waals surface area contributed by atoms with Crippen LogP contribution in [0.4, 0.5) is 0 Å². The lowest BCUT2D eigenvalue weighted by Gasteiger charge is -2.09. The summed E-state index contributed by atoms with van der Waals surface area (Å²) in [6.07, 6.45) is 0. The van der Waals surface area contributed by atoms with Gasteiger partial charge in [-0.05, 0) is 66.1 Å². The Hall–Kier alpha value is -4.30. The summed E-state index contributed by atoms with van der Waals surface area (Å²) in [6, 6.07) is 38.9. The van der Waals surface area contributed by atoms with E-state index in [0.717, 1.165) is 21.9 Å². The highest BCUT2D eigenvalue weighted by Gasteiger charge is 2.17. The molecule has 5 aromatic carbocycles. The van der Waals surface area contributed by atoms with E-state index in [1.165, 1.54) is 44.2 Å². The molecule has 0 bridgehead atoms. The number of para-hydroxylation sites is 1. The summed E-state index contributed by atoms with van der Waals surface area (Å²) in [6.45, 7) is 2.15. The van der Waals surface area contributed by atoms with Crippen molar-refractivity contribution in [3.8, 4) is 16.8 Å². The van der Waals surface area contributed by atoms with Crippen molar-refractivity contribution in [3.05, 3.63) is 115 Å². The average molecular weight is 424 g/mol. The lowest BCUT2D eigenvalue weighted by Crippen LogP contribution is -1.94. The maximum absolute atomic E-state index is 6.25. The molecular weight excluding hydrogens is 402 g/mol. The minimum atomic E-state index is 0.927. The van der Waals surface area contributed by atoms with Crippen molar-refractivity contribution in [2.24, 2.45) is 0 Å². The maximum Gasteiger partial charge on any atom is 0.136 e. The molecule has 0 aliphatic rings. The maximum atomic E-state index is 6.25. The van der Waals surface area contributed by atoms with Gasteiger partial charge in [0.15, 0.2) is 0 Å². The smallest absolute Gasteiger partial charge is 0.136 e. The van der Waals surface area contributed by atoms with Crippen molar-refractivity contribution in [2.75, 3.05) is 0 Å². The van der Waals surface area contributed by atoms with Gasteiger partial charge in [-0.2, -0.15) is 0 Å². The van der Waals surface area contributed by atoms with Gasteiger partial charge in [0, 0.05) is 27.2 Å². The Morgan fingerprint density at radius 1 is 0.515 bits per heavy atom. The number of rotatable bonds is 2. The highest BCUT2D eigenvalue weighted by molar-refractivity contribution is 6.17. The second-order valence-electron chi connectivity index (χ2n) is 8.74. The highest BCUT2D eigenvalue weighted by atomic mass is 16.3. The average Bonchev–Trinajstić information content (AvgIpc) is 3.37. The fourth-order valence-electron chi connectivity index (χ4n) is 5.09. The van der Waals surface area contributed by atoms with Gasteiger partial charge in [0.05, 0.1) is 11.0 Å². The number of aromatic nitrogens is 1. The Labute approximate surface area is 191 Å². The first-order chi connectivity index (χ1) is 16.3. The number of aryl methyl sites for hydroxylation is 1. The van der Waals surface area contributed by atoms with E-state index in [1.54, 1.807) is 0 Å². The van der Waals surface area contributed by atoms with Crippen molar-refractivity contribution in [3.63, 3.8) is 0 Å². The lowest BCUT2D eigenvalue weighted by atomic mass is 10.0. The number of benzene rings is 5. The zero-order valence-electron chi connectivity index (χ0n) is 18.2. The molecule has 7 rings (SSSR count). The SMILES string of the molecule is Cc1cccc(-n2c3ccc(-c4ccccc4)cc3c3cc4oc5ccccc5c4cc32)c1. The standard InChI is InChI=1S/C31H21NO/c1-20-8-7-11-23(16-20)32-28-15-14-22(21-9-3-2-4-10-21)17-25(28)26-19-31-27(18-29(26)32)24-12-5-6-13-30(24)33-31/h2-19H,1H3. The molecule has 156 valence electrons. The fraction of sp³-hybridized carbons (Fsp3) is 0.0323. The van der Waals surface area contributed by atoms with Gasteiger partial charge in [0.2, 0.25) is 0 Å². The normalized spacial score (nSPS) is 11.8. The summed E-state index contributed by atoms with van der Waals surface area (Å²) in [5.41, 5.74) is 9.12. The van der Waals surface area contributed by atoms with Crippen LogP contribution in [0.5, 0.6) is 0 Å². The van der Waals surface area contributed by atoms with Crippen LogP contribution in [-0.2, 0) is 0 Å². The molecule has 2 heteroatoms. The van der Waals surface area contributed by atoms with Crippen molar-refractivity contribution in [1.82, 2.24) is 4.57 Å². The van der Waals surface area contributed by atoms with Crippen LogP contribution in [0, 0.1) is 6.92 Å². The molecule has 0 amide bonds. The molecule has 0 fully saturated rings. The molecule has 2 aromatic heterocycles. The van der Waals surface area contributed by atoms with E-state index in [2.05, 4.69) is 109 Å². The van der Waals surface area contributed by atoms with Crippen LogP contribution >= 0.6 is 0 Å². The fourth-order valence-corrected chi connectivity index (χ4v) is 5.09. The first-order valence-electron chi connectivity index (χ1n) is 11.3. The van der Waals surface area contributed by atoms with Gasteiger partial charge in [-0.15, -0.1) is 0 Å². The Kier molecular flexibility index (Phi) is 3.80. The van der Waals surface area contributed by atoms with Gasteiger partial charge in [-0.25, -0.2) is 0 Å². The summed E-state index contributed by atoms with van der Waals surface area (Å²) >= 11 is 0. The molecule has 2 nitrogen and oxygen atoms in total. The Morgan fingerprint density at radius 3 is 2.21 bits per heavy atom. The van der Waals surface area contributed by atoms with Crippen LogP contribution in [0.25, 0.3) is 60.6 Å². The molecular formula is C31H21NO. The van der Waals surface area contributed by atoms with Crippen molar-refractivity contribution < 1.29 is 4.42 Å². The number of furan rings is 1. The Balaban J connectivity index is 1.63. The summed E-state index contributed by atoms with van der Waals surface area (Å²) in [7, 11) is 0. The molecule has 0 aliphatic heterocycles. The predicted molar refractivity (Wildman–Crippen MR) is 138 cm³/mol. The predicted octanol–water partition coefficient (Wildman–Crippen LogP) is 8.66. The molecule has 33 heavy (non-hydrogen) atoms. The number of hydrogen-bond acceptors (Lipinski definition) is 1. The van der Waals surface area contributed by atoms with Gasteiger partial charge in [0.1, 0.15) is 11.2 Å². The highest BCUT2D eigenvalue weighted by Crippen LogP contribution is 2.39. The Bertz CT molecular complexity index is 1820. The van der Waals surface area contributed by atoms with Crippen LogP contribution in [0.1, 0.15) is 5.56 Å². The molecule has 0 aliphatic carbocycles. The van der Waals surface area contributed by atoms with E-state index < -0.39 is 0 Å². The first-order valence-corrected chi connectivity index (χ1v) is 11.3. The summed E-state index contributed by atoms with van der Waals surface area (Å²) < 4.78 is 8.63. The molecule has 0 saturated heterocycles. The third kappa shape index (κ3) is 2.74. The molecule has 0 saturated carbocycles. The minimum absolute atomic E-state index is 0.927. The van der Waals surface area contributed by atoms with Gasteiger partial charge in [0.25, 0.3) is 0 Å². The molecule has 0 unspecified atom stereocenters. The third-order valence-corrected chi connectivity index (χ3v) is 6.63. The third-order valence-electron chi connectivity index (χ3n) is 6.63. The largest absolute Gasteiger partial charge is 0.456 e. The zero-order chi connectivity index (χ0) is 21.9. The van der Waals surface area contributed by atoms with E-state index in [4.69, 9.17) is 4.42 Å². The minimum Gasteiger partial charge on any atom is -0.456 e. The van der Waals surface area contributed by atoms with E-state index in [0.29, 0.717) is 0 Å². The molecule has 0 radical (unpaired) electrons. The molecule has 2 heterocycles. The summed E-state index contributed by atoms with van der Waals surface area (Å²) in [4.78, 5) is 0. The Morgan fingerprint density at radius 2 is 1.33 bits per heavy atom. The summed E-state index contributed by atoms with van der Waals surface area (Å²) in [5.74, 6) is 0. The van der Waals surface area contributed by atoms with Crippen LogP contribution < -0.4 is 0 Å². The van der Waals surface area contributed by atoms with E-state index in [1.807, 2.05) is 12.1 Å². The van der Waals surface area contributed by atoms with Gasteiger partial charge >= 0.3 is 0 Å². The van der Waals surface area contributed by atoms with E-state index in [-0.39, 0.29) is 0 Å². The van der Waals surface area contributed by atoms with Crippen LogP contribution in [0.2, 0.25) is 0 Å². The van der Waals surface area contributed by atoms with Crippen molar-refractivity contribution in [2.45, 2.75) is 6.92 Å². The zero-order valence-corrected chi connectivity index (χ0v) is 18.2. The summed E-state index contributed by atoms with van der Waals surface area (Å²) in [5, 5.41) is 4.74. The van der Waals surface area contributed by atoms with Gasteiger partial charge in [-0.3, -0.25) is 0 Å². The number of fused-ring (bicyclic) bond motifs is 6. The molecule has 0 spiro atoms. The van der Waals surface area contributed by atoms with Gasteiger partial charge < -0.3 is 8.98 Å². The molecule has 0 atom stereocenters. The first kappa shape index (κ1) is 18.3. The molecule has 0 N–H and O–H groups in total. The van der Waals surface area contributed by atoms with E-state index in [9.17, 15) is 0 Å². The van der Waals surface area contributed by atoms with Crippen molar-refractivity contribution in [1.29, 1.82) is 0 Å². The molecule has 7 aromatic rings. The van der Waals surface area contributed by atoms with Crippen LogP contribution in [0.3, 0.4) is 0 Å². The second-order valence-corrected chi connectivity index (χ2v) is 8.74. The van der Waals surface area contributed by atoms with Crippen molar-refractivity contribution >= 4 is 43.7 Å². The quantitative estimate of drug-likeness (QED) is 0.272. The van der Waals surface area contributed by atoms with Crippen LogP contribution in [-0.4, -0.2) is 4.57 Å². The lowest BCUT2D eigenvalue weighted by molar-refractivity contribution is 0.669. The topological polar surface area (TPSA) is 18.1 Å².